The topological polar surface area (TPSA) is 84.4 Å². The zero-order valence-corrected chi connectivity index (χ0v) is 23.7. The maximum atomic E-state index is 13.2. The Morgan fingerprint density at radius 3 is 2.68 bits per heavy atom. The zero-order chi connectivity index (χ0) is 27.1. The summed E-state index contributed by atoms with van der Waals surface area (Å²) in [7, 11) is 0. The van der Waals surface area contributed by atoms with Gasteiger partial charge in [-0.25, -0.2) is 9.97 Å². The molecule has 0 aliphatic carbocycles. The summed E-state index contributed by atoms with van der Waals surface area (Å²) in [5.74, 6) is 1.62. The second kappa shape index (κ2) is 13.1. The number of nitrogens with zero attached hydrogens (tertiary/aromatic N) is 3. The van der Waals surface area contributed by atoms with E-state index in [0.29, 0.717) is 36.7 Å². The van der Waals surface area contributed by atoms with Crippen LogP contribution in [0.15, 0.2) is 59.6 Å². The number of rotatable bonds is 10. The van der Waals surface area contributed by atoms with Crippen molar-refractivity contribution in [1.82, 2.24) is 20.2 Å². The molecule has 1 aliphatic rings. The van der Waals surface area contributed by atoms with Gasteiger partial charge in [-0.3, -0.25) is 9.59 Å². The first kappa shape index (κ1) is 27.9. The van der Waals surface area contributed by atoms with E-state index in [2.05, 4.69) is 21.9 Å². The predicted octanol–water partition coefficient (Wildman–Crippen LogP) is 5.65. The number of aryl methyl sites for hydroxylation is 2. The Morgan fingerprint density at radius 1 is 1.24 bits per heavy atom. The predicted molar refractivity (Wildman–Crippen MR) is 153 cm³/mol. The van der Waals surface area contributed by atoms with Gasteiger partial charge in [0.15, 0.2) is 0 Å². The molecule has 0 spiro atoms. The van der Waals surface area contributed by atoms with E-state index >= 15 is 0 Å². The quantitative estimate of drug-likeness (QED) is 0.259. The molecule has 1 aliphatic heterocycles. The van der Waals surface area contributed by atoms with Gasteiger partial charge in [-0.2, -0.15) is 0 Å². The van der Waals surface area contributed by atoms with Gasteiger partial charge in [-0.15, -0.1) is 29.7 Å². The number of hydrogen-bond donors (Lipinski definition) is 1. The van der Waals surface area contributed by atoms with E-state index in [1.807, 2.05) is 61.4 Å². The SMILES string of the molecule is C=CCSc1ncccc1C(=O)N1CCC(c2nc(C(=O)NC(C)COc3c(C)cccc3C)cs2)CC1. The van der Waals surface area contributed by atoms with Gasteiger partial charge in [-0.05, 0) is 56.9 Å². The maximum Gasteiger partial charge on any atom is 0.271 e. The number of pyridine rings is 1. The van der Waals surface area contributed by atoms with Crippen LogP contribution in [-0.4, -0.2) is 58.2 Å². The summed E-state index contributed by atoms with van der Waals surface area (Å²) in [6.45, 7) is 11.4. The van der Waals surface area contributed by atoms with Gasteiger partial charge >= 0.3 is 0 Å². The first-order valence-corrected chi connectivity index (χ1v) is 14.7. The maximum absolute atomic E-state index is 13.2. The van der Waals surface area contributed by atoms with Gasteiger partial charge in [0.25, 0.3) is 11.8 Å². The lowest BCUT2D eigenvalue weighted by Gasteiger charge is -2.31. The highest BCUT2D eigenvalue weighted by atomic mass is 32.2. The molecule has 3 heterocycles. The average Bonchev–Trinajstić information content (AvgIpc) is 3.42. The number of piperidine rings is 1. The fourth-order valence-corrected chi connectivity index (χ4v) is 6.15. The fraction of sp³-hybridized carbons (Fsp3) is 0.379. The summed E-state index contributed by atoms with van der Waals surface area (Å²) < 4.78 is 5.98. The molecule has 3 aromatic rings. The number of amides is 2. The smallest absolute Gasteiger partial charge is 0.271 e. The number of likely N-dealkylation sites (tertiary alicyclic amines) is 1. The van der Waals surface area contributed by atoms with E-state index in [0.717, 1.165) is 39.8 Å². The van der Waals surface area contributed by atoms with E-state index in [1.54, 1.807) is 12.3 Å². The van der Waals surface area contributed by atoms with Gasteiger partial charge in [0.1, 0.15) is 23.1 Å². The number of aromatic nitrogens is 2. The molecule has 9 heteroatoms. The van der Waals surface area contributed by atoms with Crippen LogP contribution < -0.4 is 10.1 Å². The lowest BCUT2D eigenvalue weighted by molar-refractivity contribution is 0.0708. The highest BCUT2D eigenvalue weighted by Gasteiger charge is 2.28. The van der Waals surface area contributed by atoms with Crippen molar-refractivity contribution >= 4 is 34.9 Å². The number of carbonyl (C=O) groups is 2. The Labute approximate surface area is 232 Å². The van der Waals surface area contributed by atoms with Crippen LogP contribution in [0.25, 0.3) is 0 Å². The van der Waals surface area contributed by atoms with Gasteiger partial charge < -0.3 is 15.0 Å². The van der Waals surface area contributed by atoms with Crippen LogP contribution in [0.1, 0.15) is 62.7 Å². The van der Waals surface area contributed by atoms with Crippen molar-refractivity contribution < 1.29 is 14.3 Å². The van der Waals surface area contributed by atoms with Crippen molar-refractivity contribution in [3.8, 4) is 5.75 Å². The Balaban J connectivity index is 1.29. The third-order valence-electron chi connectivity index (χ3n) is 6.49. The lowest BCUT2D eigenvalue weighted by atomic mass is 9.97. The number of benzene rings is 1. The molecule has 0 saturated carbocycles. The number of nitrogens with one attached hydrogen (secondary N) is 1. The minimum atomic E-state index is -0.196. The van der Waals surface area contributed by atoms with Gasteiger partial charge in [0.2, 0.25) is 0 Å². The summed E-state index contributed by atoms with van der Waals surface area (Å²) >= 11 is 3.03. The van der Waals surface area contributed by atoms with Crippen molar-refractivity contribution in [3.63, 3.8) is 0 Å². The minimum Gasteiger partial charge on any atom is -0.491 e. The van der Waals surface area contributed by atoms with Crippen LogP contribution in [-0.2, 0) is 0 Å². The average molecular weight is 551 g/mol. The van der Waals surface area contributed by atoms with Crippen LogP contribution in [0.2, 0.25) is 0 Å². The van der Waals surface area contributed by atoms with Crippen LogP contribution in [0.3, 0.4) is 0 Å². The molecular formula is C29H34N4O3S2. The van der Waals surface area contributed by atoms with E-state index < -0.39 is 0 Å². The molecule has 0 radical (unpaired) electrons. The largest absolute Gasteiger partial charge is 0.491 e. The summed E-state index contributed by atoms with van der Waals surface area (Å²) in [6, 6.07) is 9.52. The Morgan fingerprint density at radius 2 is 1.97 bits per heavy atom. The molecule has 200 valence electrons. The molecule has 2 amide bonds. The molecule has 1 unspecified atom stereocenters. The highest BCUT2D eigenvalue weighted by molar-refractivity contribution is 7.99. The highest BCUT2D eigenvalue weighted by Crippen LogP contribution is 2.32. The molecular weight excluding hydrogens is 516 g/mol. The number of thioether (sulfide) groups is 1. The van der Waals surface area contributed by atoms with Crippen LogP contribution in [0.4, 0.5) is 0 Å². The first-order chi connectivity index (χ1) is 18.4. The molecule has 4 rings (SSSR count). The molecule has 1 atom stereocenters. The monoisotopic (exact) mass is 550 g/mol. The Bertz CT molecular complexity index is 1260. The standard InChI is InChI=1S/C29H34N4O3S2/c1-5-16-37-28-23(10-7-13-30-28)29(35)33-14-11-22(12-15-33)27-32-24(18-38-27)26(34)31-21(4)17-36-25-19(2)8-6-9-20(25)3/h5-10,13,18,21-22H,1,11-12,14-17H2,2-4H3,(H,31,34). The molecule has 7 nitrogen and oxygen atoms in total. The number of ether oxygens (including phenoxy) is 1. The third kappa shape index (κ3) is 6.82. The zero-order valence-electron chi connectivity index (χ0n) is 22.1. The van der Waals surface area contributed by atoms with Gasteiger partial charge in [0, 0.05) is 36.3 Å². The second-order valence-electron chi connectivity index (χ2n) is 9.50. The first-order valence-electron chi connectivity index (χ1n) is 12.8. The number of para-hydroxylation sites is 1. The van der Waals surface area contributed by atoms with Crippen molar-refractivity contribution in [2.75, 3.05) is 25.4 Å². The molecule has 2 aromatic heterocycles. The summed E-state index contributed by atoms with van der Waals surface area (Å²) in [6.07, 6.45) is 5.15. The molecule has 38 heavy (non-hydrogen) atoms. The van der Waals surface area contributed by atoms with Crippen LogP contribution >= 0.6 is 23.1 Å². The number of thiazole rings is 1. The second-order valence-corrected chi connectivity index (χ2v) is 11.4. The van der Waals surface area contributed by atoms with E-state index in [1.165, 1.54) is 23.1 Å². The Hall–Kier alpha value is -3.17. The number of carbonyl (C=O) groups excluding carboxylic acids is 2. The minimum absolute atomic E-state index is 0.0133. The summed E-state index contributed by atoms with van der Waals surface area (Å²) in [4.78, 5) is 36.9. The van der Waals surface area contributed by atoms with Gasteiger partial charge in [0.05, 0.1) is 16.6 Å². The van der Waals surface area contributed by atoms with Crippen molar-refractivity contribution in [3.05, 3.63) is 82.0 Å². The molecule has 0 bridgehead atoms. The van der Waals surface area contributed by atoms with Crippen molar-refractivity contribution in [1.29, 1.82) is 0 Å². The molecule has 1 aromatic carbocycles. The molecule has 1 fully saturated rings. The molecule has 1 N–H and O–H groups in total. The number of hydrogen-bond acceptors (Lipinski definition) is 7. The van der Waals surface area contributed by atoms with E-state index in [4.69, 9.17) is 4.74 Å². The fourth-order valence-electron chi connectivity index (χ4n) is 4.46. The van der Waals surface area contributed by atoms with E-state index in [9.17, 15) is 9.59 Å². The third-order valence-corrected chi connectivity index (χ3v) is 8.50. The summed E-state index contributed by atoms with van der Waals surface area (Å²) in [5.41, 5.74) is 3.23. The lowest BCUT2D eigenvalue weighted by Crippen LogP contribution is -2.38. The summed E-state index contributed by atoms with van der Waals surface area (Å²) in [5, 5.41) is 6.50. The van der Waals surface area contributed by atoms with Crippen molar-refractivity contribution in [2.45, 2.75) is 50.6 Å². The Kier molecular flexibility index (Phi) is 9.58. The normalized spacial score (nSPS) is 14.7. The van der Waals surface area contributed by atoms with E-state index in [-0.39, 0.29) is 23.8 Å². The van der Waals surface area contributed by atoms with Gasteiger partial charge in [-0.1, -0.05) is 24.3 Å². The molecule has 1 saturated heterocycles. The van der Waals surface area contributed by atoms with Crippen LogP contribution in [0.5, 0.6) is 5.75 Å². The van der Waals surface area contributed by atoms with Crippen molar-refractivity contribution in [2.24, 2.45) is 0 Å². The van der Waals surface area contributed by atoms with Crippen LogP contribution in [0, 0.1) is 13.8 Å².